The van der Waals surface area contributed by atoms with Crippen LogP contribution in [-0.2, 0) is 0 Å². The molecule has 0 amide bonds. The lowest BCUT2D eigenvalue weighted by molar-refractivity contribution is 0.661. The van der Waals surface area contributed by atoms with Crippen molar-refractivity contribution in [3.8, 4) is 0 Å². The first-order valence-corrected chi connectivity index (χ1v) is 8.72. The molecule has 0 unspecified atom stereocenters. The first kappa shape index (κ1) is 21.0. The summed E-state index contributed by atoms with van der Waals surface area (Å²) in [4.78, 5) is 0. The van der Waals surface area contributed by atoms with Gasteiger partial charge in [-0.25, -0.2) is 0 Å². The van der Waals surface area contributed by atoms with Gasteiger partial charge in [0.25, 0.3) is 0 Å². The van der Waals surface area contributed by atoms with E-state index in [1.54, 1.807) is 0 Å². The number of hydrogen-bond acceptors (Lipinski definition) is 0. The van der Waals surface area contributed by atoms with Crippen molar-refractivity contribution in [2.45, 2.75) is 80.1 Å². The van der Waals surface area contributed by atoms with Crippen molar-refractivity contribution in [1.29, 1.82) is 0 Å². The van der Waals surface area contributed by atoms with Crippen LogP contribution in [-0.4, -0.2) is 0 Å². The third-order valence-electron chi connectivity index (χ3n) is 3.78. The highest BCUT2D eigenvalue weighted by atomic mass is 14.1. The summed E-state index contributed by atoms with van der Waals surface area (Å²) in [5.41, 5.74) is 5.82. The van der Waals surface area contributed by atoms with Gasteiger partial charge in [0.05, 0.1) is 0 Å². The molecule has 0 saturated carbocycles. The lowest BCUT2D eigenvalue weighted by Crippen LogP contribution is -1.92. The van der Waals surface area contributed by atoms with Crippen LogP contribution >= 0.6 is 0 Å². The first-order chi connectivity index (χ1) is 10.3. The smallest absolute Gasteiger partial charge is 0.0288 e. The number of rotatable bonds is 10. The second-order valence-corrected chi connectivity index (χ2v) is 7.08. The molecular weight excluding hydrogens is 264 g/mol. The fourth-order valence-corrected chi connectivity index (χ4v) is 2.21. The van der Waals surface area contributed by atoms with Crippen molar-refractivity contribution in [3.63, 3.8) is 0 Å². The number of allylic oxidation sites excluding steroid dienone is 8. The molecule has 0 spiro atoms. The van der Waals surface area contributed by atoms with Crippen molar-refractivity contribution < 1.29 is 0 Å². The van der Waals surface area contributed by atoms with Gasteiger partial charge in [-0.2, -0.15) is 0 Å². The molecule has 0 saturated heterocycles. The van der Waals surface area contributed by atoms with Crippen LogP contribution in [0, 0.1) is 12.8 Å². The van der Waals surface area contributed by atoms with Crippen molar-refractivity contribution >= 4 is 0 Å². The molecule has 0 heteroatoms. The second-order valence-electron chi connectivity index (χ2n) is 7.08. The Bertz CT molecular complexity index is 367. The fourth-order valence-electron chi connectivity index (χ4n) is 2.21. The molecule has 0 rings (SSSR count). The molecule has 0 aliphatic carbocycles. The van der Waals surface area contributed by atoms with E-state index in [1.165, 1.54) is 35.1 Å². The van der Waals surface area contributed by atoms with Gasteiger partial charge < -0.3 is 0 Å². The summed E-state index contributed by atoms with van der Waals surface area (Å²) in [7, 11) is 0. The lowest BCUT2D eigenvalue weighted by atomic mass is 9.98. The molecule has 1 radical (unpaired) electrons. The Hall–Kier alpha value is -1.04. The fraction of sp³-hybridized carbons (Fsp3) is 0.591. The van der Waals surface area contributed by atoms with E-state index in [0.29, 0.717) is 5.92 Å². The summed E-state index contributed by atoms with van der Waals surface area (Å²) >= 11 is 0. The minimum atomic E-state index is 0.497. The maximum absolute atomic E-state index is 4.29. The van der Waals surface area contributed by atoms with Gasteiger partial charge in [0, 0.05) is 0 Å². The van der Waals surface area contributed by atoms with Crippen molar-refractivity contribution in [3.05, 3.63) is 53.5 Å². The van der Waals surface area contributed by atoms with Crippen LogP contribution in [0.3, 0.4) is 0 Å². The van der Waals surface area contributed by atoms with Gasteiger partial charge in [0.1, 0.15) is 0 Å². The monoisotopic (exact) mass is 301 g/mol. The highest BCUT2D eigenvalue weighted by Gasteiger charge is 1.99. The van der Waals surface area contributed by atoms with Crippen LogP contribution in [0.25, 0.3) is 0 Å². The topological polar surface area (TPSA) is 0 Å². The Labute approximate surface area is 140 Å². The SMILES string of the molecule is [CH2]C(C/C=C(\C)CCC=C(C)C)C/C=C(\C)CCC=C(C)C. The second kappa shape index (κ2) is 12.5. The molecule has 0 aromatic carbocycles. The van der Waals surface area contributed by atoms with E-state index in [0.717, 1.165) is 25.7 Å². The van der Waals surface area contributed by atoms with Gasteiger partial charge in [0.2, 0.25) is 0 Å². The molecule has 0 N–H and O–H groups in total. The molecule has 0 aliphatic rings. The van der Waals surface area contributed by atoms with Gasteiger partial charge in [-0.1, -0.05) is 46.6 Å². The lowest BCUT2D eigenvalue weighted by Gasteiger charge is -2.08. The van der Waals surface area contributed by atoms with E-state index in [2.05, 4.69) is 72.8 Å². The van der Waals surface area contributed by atoms with Crippen molar-refractivity contribution in [2.24, 2.45) is 5.92 Å². The predicted octanol–water partition coefficient (Wildman–Crippen LogP) is 7.60. The Kier molecular flexibility index (Phi) is 11.9. The molecule has 0 fully saturated rings. The molecule has 0 atom stereocenters. The van der Waals surface area contributed by atoms with Crippen LogP contribution in [0.15, 0.2) is 46.6 Å². The molecule has 0 aromatic rings. The average Bonchev–Trinajstić information content (AvgIpc) is 2.42. The summed E-state index contributed by atoms with van der Waals surface area (Å²) in [5.74, 6) is 0.497. The molecule has 125 valence electrons. The van der Waals surface area contributed by atoms with Crippen LogP contribution in [0.2, 0.25) is 0 Å². The van der Waals surface area contributed by atoms with Gasteiger partial charge in [-0.05, 0) is 92.9 Å². The van der Waals surface area contributed by atoms with Crippen LogP contribution < -0.4 is 0 Å². The van der Waals surface area contributed by atoms with E-state index in [4.69, 9.17) is 0 Å². The van der Waals surface area contributed by atoms with Crippen LogP contribution in [0.1, 0.15) is 80.1 Å². The maximum atomic E-state index is 4.29. The summed E-state index contributed by atoms with van der Waals surface area (Å²) in [6, 6.07) is 0. The Morgan fingerprint density at radius 2 is 1.05 bits per heavy atom. The largest absolute Gasteiger partial charge is 0.0856 e. The van der Waals surface area contributed by atoms with Crippen LogP contribution in [0.4, 0.5) is 0 Å². The Morgan fingerprint density at radius 3 is 1.36 bits per heavy atom. The normalized spacial score (nSPS) is 12.5. The van der Waals surface area contributed by atoms with Gasteiger partial charge in [-0.15, -0.1) is 0 Å². The molecule has 22 heavy (non-hydrogen) atoms. The van der Waals surface area contributed by atoms with Crippen molar-refractivity contribution in [2.75, 3.05) is 0 Å². The summed E-state index contributed by atoms with van der Waals surface area (Å²) in [5, 5.41) is 0. The summed E-state index contributed by atoms with van der Waals surface area (Å²) < 4.78 is 0. The molecular formula is C22H37. The van der Waals surface area contributed by atoms with E-state index in [9.17, 15) is 0 Å². The third-order valence-corrected chi connectivity index (χ3v) is 3.78. The standard InChI is InChI=1S/C22H37/c1-18(2)10-8-12-20(5)14-16-22(7)17-15-21(6)13-9-11-19(3)4/h10-11,14-15,22H,7-9,12-13,16-17H2,1-6H3/b20-14+,21-15+. The zero-order chi connectivity index (χ0) is 17.0. The van der Waals surface area contributed by atoms with E-state index in [-0.39, 0.29) is 0 Å². The molecule has 0 nitrogen and oxygen atoms in total. The van der Waals surface area contributed by atoms with E-state index < -0.39 is 0 Å². The summed E-state index contributed by atoms with van der Waals surface area (Å²) in [6.07, 6.45) is 16.3. The molecule has 0 heterocycles. The first-order valence-electron chi connectivity index (χ1n) is 8.72. The predicted molar refractivity (Wildman–Crippen MR) is 103 cm³/mol. The van der Waals surface area contributed by atoms with E-state index >= 15 is 0 Å². The summed E-state index contributed by atoms with van der Waals surface area (Å²) in [6.45, 7) is 17.4. The maximum Gasteiger partial charge on any atom is -0.0288 e. The molecule has 0 aromatic heterocycles. The van der Waals surface area contributed by atoms with Gasteiger partial charge >= 0.3 is 0 Å². The van der Waals surface area contributed by atoms with Crippen LogP contribution in [0.5, 0.6) is 0 Å². The average molecular weight is 302 g/mol. The Balaban J connectivity index is 4.04. The minimum Gasteiger partial charge on any atom is -0.0856 e. The highest BCUT2D eigenvalue weighted by molar-refractivity contribution is 5.05. The minimum absolute atomic E-state index is 0.497. The number of hydrogen-bond donors (Lipinski definition) is 0. The molecule has 0 aliphatic heterocycles. The quantitative estimate of drug-likeness (QED) is 0.364. The zero-order valence-electron chi connectivity index (χ0n) is 15.8. The van der Waals surface area contributed by atoms with Gasteiger partial charge in [0.15, 0.2) is 0 Å². The van der Waals surface area contributed by atoms with E-state index in [1.807, 2.05) is 0 Å². The Morgan fingerprint density at radius 1 is 0.682 bits per heavy atom. The van der Waals surface area contributed by atoms with Gasteiger partial charge in [-0.3, -0.25) is 0 Å². The highest BCUT2D eigenvalue weighted by Crippen LogP contribution is 2.16. The van der Waals surface area contributed by atoms with Crippen molar-refractivity contribution in [1.82, 2.24) is 0 Å². The third kappa shape index (κ3) is 13.9. The zero-order valence-corrected chi connectivity index (χ0v) is 15.8. The molecule has 0 bridgehead atoms.